The molecule has 0 unspecified atom stereocenters. The fraction of sp³-hybridized carbons (Fsp3) is 0.125. The Morgan fingerprint density at radius 2 is 1.93 bits per heavy atom. The average Bonchev–Trinajstić information content (AvgIpc) is 2.07. The minimum atomic E-state index is -3.33. The van der Waals surface area contributed by atoms with Gasteiger partial charge in [-0.2, -0.15) is 8.78 Å². The molecule has 0 aromatic heterocycles. The summed E-state index contributed by atoms with van der Waals surface area (Å²) < 4.78 is 25.1. The highest BCUT2D eigenvalue weighted by Crippen LogP contribution is 2.30. The van der Waals surface area contributed by atoms with Crippen LogP contribution in [0.15, 0.2) is 29.3 Å². The number of aliphatic imine (C=N–C) groups is 1. The summed E-state index contributed by atoms with van der Waals surface area (Å²) in [4.78, 5) is 0.157. The van der Waals surface area contributed by atoms with Crippen LogP contribution < -0.4 is 0 Å². The van der Waals surface area contributed by atoms with Crippen LogP contribution >= 0.6 is 39.1 Å². The summed E-state index contributed by atoms with van der Waals surface area (Å²) in [5, 5.41) is -0.590. The van der Waals surface area contributed by atoms with Gasteiger partial charge < -0.3 is 0 Å². The van der Waals surface area contributed by atoms with Crippen LogP contribution in [-0.4, -0.2) is 10.0 Å². The van der Waals surface area contributed by atoms with Gasteiger partial charge in [-0.25, -0.2) is 4.99 Å². The molecule has 0 heterocycles. The van der Waals surface area contributed by atoms with E-state index in [2.05, 4.69) is 20.9 Å². The average molecular weight is 303 g/mol. The molecule has 0 saturated heterocycles. The third-order valence-electron chi connectivity index (χ3n) is 1.30. The number of rotatable bonds is 2. The monoisotopic (exact) mass is 301 g/mol. The Hall–Kier alpha value is -0.190. The molecule has 1 aromatic carbocycles. The van der Waals surface area contributed by atoms with E-state index in [0.29, 0.717) is 0 Å². The highest BCUT2D eigenvalue weighted by Gasteiger charge is 2.30. The lowest BCUT2D eigenvalue weighted by Crippen LogP contribution is -2.14. The second-order valence-corrected chi connectivity index (χ2v) is 4.11. The van der Waals surface area contributed by atoms with Crippen molar-refractivity contribution in [3.8, 4) is 0 Å². The van der Waals surface area contributed by atoms with Gasteiger partial charge in [0.2, 0.25) is 0 Å². The van der Waals surface area contributed by atoms with E-state index in [1.54, 1.807) is 12.1 Å². The van der Waals surface area contributed by atoms with E-state index in [9.17, 15) is 8.78 Å². The van der Waals surface area contributed by atoms with E-state index in [0.717, 1.165) is 0 Å². The molecule has 1 nitrogen and oxygen atoms in total. The first-order chi connectivity index (χ1) is 6.41. The van der Waals surface area contributed by atoms with Crippen molar-refractivity contribution in [2.75, 3.05) is 0 Å². The molecule has 0 saturated carbocycles. The molecular formula is C8H4BrCl2F2N. The van der Waals surface area contributed by atoms with E-state index in [1.807, 2.05) is 0 Å². The van der Waals surface area contributed by atoms with E-state index < -0.39 is 10.0 Å². The molecule has 76 valence electrons. The predicted molar refractivity (Wildman–Crippen MR) is 58.3 cm³/mol. The number of alkyl halides is 3. The molecule has 1 rings (SSSR count). The fourth-order valence-electron chi connectivity index (χ4n) is 0.712. The van der Waals surface area contributed by atoms with E-state index in [-0.39, 0.29) is 10.7 Å². The SMILES string of the molecule is FC(F)(Br)C(Cl)=Nc1ccccc1Cl. The van der Waals surface area contributed by atoms with Crippen LogP contribution in [0.25, 0.3) is 0 Å². The van der Waals surface area contributed by atoms with Gasteiger partial charge >= 0.3 is 4.83 Å². The predicted octanol–water partition coefficient (Wildman–Crippen LogP) is 4.60. The number of halogens is 5. The highest BCUT2D eigenvalue weighted by molar-refractivity contribution is 9.10. The van der Waals surface area contributed by atoms with Crippen molar-refractivity contribution in [2.24, 2.45) is 4.99 Å². The topological polar surface area (TPSA) is 12.4 Å². The van der Waals surface area contributed by atoms with Crippen molar-refractivity contribution in [3.63, 3.8) is 0 Å². The Labute approximate surface area is 97.9 Å². The number of benzene rings is 1. The van der Waals surface area contributed by atoms with Gasteiger partial charge in [-0.3, -0.25) is 0 Å². The maximum absolute atomic E-state index is 12.5. The molecule has 0 aliphatic carbocycles. The Morgan fingerprint density at radius 3 is 2.43 bits per heavy atom. The van der Waals surface area contributed by atoms with Gasteiger partial charge in [0.05, 0.1) is 10.7 Å². The summed E-state index contributed by atoms with van der Waals surface area (Å²) in [6.45, 7) is 0. The summed E-state index contributed by atoms with van der Waals surface area (Å²) in [7, 11) is 0. The molecule has 0 aliphatic heterocycles. The van der Waals surface area contributed by atoms with Gasteiger partial charge in [0.15, 0.2) is 5.17 Å². The lowest BCUT2D eigenvalue weighted by atomic mass is 10.3. The maximum atomic E-state index is 12.5. The lowest BCUT2D eigenvalue weighted by molar-refractivity contribution is 0.197. The summed E-state index contributed by atoms with van der Waals surface area (Å²) in [5.74, 6) is 0. The van der Waals surface area contributed by atoms with Crippen LogP contribution in [-0.2, 0) is 0 Å². The van der Waals surface area contributed by atoms with Crippen molar-refractivity contribution in [1.82, 2.24) is 0 Å². The highest BCUT2D eigenvalue weighted by atomic mass is 79.9. The molecule has 0 radical (unpaired) electrons. The second kappa shape index (κ2) is 4.55. The van der Waals surface area contributed by atoms with Crippen molar-refractivity contribution in [1.29, 1.82) is 0 Å². The van der Waals surface area contributed by atoms with E-state index in [4.69, 9.17) is 23.2 Å². The van der Waals surface area contributed by atoms with E-state index in [1.165, 1.54) is 12.1 Å². The lowest BCUT2D eigenvalue weighted by Gasteiger charge is -2.05. The molecule has 0 N–H and O–H groups in total. The van der Waals surface area contributed by atoms with Gasteiger partial charge in [-0.15, -0.1) is 0 Å². The molecule has 14 heavy (non-hydrogen) atoms. The third-order valence-corrected chi connectivity index (χ3v) is 2.55. The Morgan fingerprint density at radius 1 is 1.36 bits per heavy atom. The first kappa shape index (κ1) is 11.9. The molecule has 6 heteroatoms. The van der Waals surface area contributed by atoms with Crippen LogP contribution in [0.3, 0.4) is 0 Å². The third kappa shape index (κ3) is 3.19. The van der Waals surface area contributed by atoms with E-state index >= 15 is 0 Å². The summed E-state index contributed by atoms with van der Waals surface area (Å²) >= 11 is 13.0. The van der Waals surface area contributed by atoms with Crippen LogP contribution in [0.1, 0.15) is 0 Å². The van der Waals surface area contributed by atoms with Crippen LogP contribution in [0.4, 0.5) is 14.5 Å². The Kier molecular flexibility index (Phi) is 3.86. The van der Waals surface area contributed by atoms with Crippen LogP contribution in [0.5, 0.6) is 0 Å². The first-order valence-corrected chi connectivity index (χ1v) is 5.02. The zero-order valence-corrected chi connectivity index (χ0v) is 9.74. The minimum Gasteiger partial charge on any atom is -0.233 e. The van der Waals surface area contributed by atoms with Crippen molar-refractivity contribution >= 4 is 50.0 Å². The molecule has 0 spiro atoms. The summed E-state index contributed by atoms with van der Waals surface area (Å²) in [5.41, 5.74) is 0.207. The van der Waals surface area contributed by atoms with Gasteiger partial charge in [0, 0.05) is 0 Å². The van der Waals surface area contributed by atoms with Gasteiger partial charge in [-0.05, 0) is 28.1 Å². The van der Waals surface area contributed by atoms with Crippen molar-refractivity contribution < 1.29 is 8.78 Å². The molecule has 0 bridgehead atoms. The van der Waals surface area contributed by atoms with Crippen molar-refractivity contribution in [2.45, 2.75) is 4.83 Å². The second-order valence-electron chi connectivity index (χ2n) is 2.35. The molecule has 1 aromatic rings. The van der Waals surface area contributed by atoms with Crippen LogP contribution in [0.2, 0.25) is 5.02 Å². The minimum absolute atomic E-state index is 0.207. The van der Waals surface area contributed by atoms with Gasteiger partial charge in [-0.1, -0.05) is 35.3 Å². The molecule has 0 aliphatic rings. The van der Waals surface area contributed by atoms with Gasteiger partial charge in [0.1, 0.15) is 0 Å². The maximum Gasteiger partial charge on any atom is 0.353 e. The van der Waals surface area contributed by atoms with Crippen LogP contribution in [0, 0.1) is 0 Å². The standard InChI is InChI=1S/C8H4BrCl2F2N/c9-8(12,13)7(11)14-6-4-2-1-3-5(6)10/h1-4H. The molecule has 0 atom stereocenters. The Bertz CT molecular complexity index is 363. The molecular weight excluding hydrogens is 299 g/mol. The quantitative estimate of drug-likeness (QED) is 0.559. The van der Waals surface area contributed by atoms with Gasteiger partial charge in [0.25, 0.3) is 0 Å². The number of hydrogen-bond donors (Lipinski definition) is 0. The normalized spacial score (nSPS) is 13.1. The molecule has 0 amide bonds. The smallest absolute Gasteiger partial charge is 0.233 e. The fourth-order valence-corrected chi connectivity index (χ4v) is 1.07. The number of para-hydroxylation sites is 1. The number of hydrogen-bond acceptors (Lipinski definition) is 1. The summed E-state index contributed by atoms with van der Waals surface area (Å²) in [6.07, 6.45) is 0. The molecule has 0 fully saturated rings. The number of nitrogens with zero attached hydrogens (tertiary/aromatic N) is 1. The summed E-state index contributed by atoms with van der Waals surface area (Å²) in [6, 6.07) is 6.32. The Balaban J connectivity index is 3.04. The van der Waals surface area contributed by atoms with Crippen molar-refractivity contribution in [3.05, 3.63) is 29.3 Å². The first-order valence-electron chi connectivity index (χ1n) is 3.47. The zero-order valence-electron chi connectivity index (χ0n) is 6.65. The largest absolute Gasteiger partial charge is 0.353 e. The zero-order chi connectivity index (χ0) is 10.8.